The Morgan fingerprint density at radius 2 is 1.69 bits per heavy atom. The second-order valence-corrected chi connectivity index (χ2v) is 7.57. The molecule has 6 nitrogen and oxygen atoms in total. The largest absolute Gasteiger partial charge is 0.497 e. The first-order valence-electron chi connectivity index (χ1n) is 9.25. The molecule has 144 valence electrons. The van der Waals surface area contributed by atoms with Gasteiger partial charge >= 0.3 is 0 Å². The van der Waals surface area contributed by atoms with Gasteiger partial charge in [-0.3, -0.25) is 5.43 Å². The Hall–Kier alpha value is -3.58. The summed E-state index contributed by atoms with van der Waals surface area (Å²) in [5.41, 5.74) is 6.42. The van der Waals surface area contributed by atoms with E-state index in [1.54, 1.807) is 18.4 Å². The Labute approximate surface area is 172 Å². The first-order chi connectivity index (χ1) is 14.3. The molecule has 1 N–H and O–H groups in total. The zero-order chi connectivity index (χ0) is 19.6. The minimum Gasteiger partial charge on any atom is -0.497 e. The maximum absolute atomic E-state index is 5.29. The quantitative estimate of drug-likeness (QED) is 0.547. The number of benzene rings is 3. The van der Waals surface area contributed by atoms with E-state index in [-0.39, 0.29) is 0 Å². The lowest BCUT2D eigenvalue weighted by atomic mass is 10.2. The first kappa shape index (κ1) is 17.5. The molecule has 3 aromatic carbocycles. The third-order valence-corrected chi connectivity index (χ3v) is 5.73. The third kappa shape index (κ3) is 3.48. The number of nitrogens with zero attached hydrogens (tertiary/aromatic N) is 4. The van der Waals surface area contributed by atoms with E-state index in [1.165, 1.54) is 0 Å². The molecule has 0 saturated heterocycles. The number of hydrogen-bond donors (Lipinski definition) is 1. The zero-order valence-corrected chi connectivity index (χ0v) is 16.6. The highest BCUT2D eigenvalue weighted by molar-refractivity contribution is 7.22. The molecule has 29 heavy (non-hydrogen) atoms. The van der Waals surface area contributed by atoms with Crippen molar-refractivity contribution in [2.45, 2.75) is 0 Å². The van der Waals surface area contributed by atoms with Crippen LogP contribution in [0.4, 0.5) is 10.8 Å². The van der Waals surface area contributed by atoms with Crippen LogP contribution in [0.15, 0.2) is 84.0 Å². The molecule has 0 bridgehead atoms. The Morgan fingerprint density at radius 1 is 0.931 bits per heavy atom. The summed E-state index contributed by atoms with van der Waals surface area (Å²) in [6.07, 6.45) is 0. The van der Waals surface area contributed by atoms with Crippen LogP contribution in [-0.2, 0) is 0 Å². The lowest BCUT2D eigenvalue weighted by Gasteiger charge is -2.34. The van der Waals surface area contributed by atoms with Crippen LogP contribution in [0.1, 0.15) is 5.56 Å². The van der Waals surface area contributed by atoms with E-state index in [0.717, 1.165) is 38.2 Å². The van der Waals surface area contributed by atoms with Crippen molar-refractivity contribution in [1.29, 1.82) is 0 Å². The van der Waals surface area contributed by atoms with E-state index >= 15 is 0 Å². The van der Waals surface area contributed by atoms with Crippen LogP contribution < -0.4 is 20.2 Å². The number of aromatic nitrogens is 1. The third-order valence-electron chi connectivity index (χ3n) is 4.67. The second-order valence-electron chi connectivity index (χ2n) is 6.56. The van der Waals surface area contributed by atoms with Crippen molar-refractivity contribution in [3.8, 4) is 5.75 Å². The monoisotopic (exact) mass is 401 g/mol. The minimum atomic E-state index is 0.530. The summed E-state index contributed by atoms with van der Waals surface area (Å²) in [4.78, 5) is 4.80. The maximum Gasteiger partial charge on any atom is 0.207 e. The SMILES string of the molecule is COc1ccc(N2CN(c3nc4ccccc4s3)NC(c3ccccc3)=N2)cc1. The number of anilines is 2. The second kappa shape index (κ2) is 7.44. The normalized spacial score (nSPS) is 13.9. The van der Waals surface area contributed by atoms with E-state index in [1.807, 2.05) is 82.8 Å². The summed E-state index contributed by atoms with van der Waals surface area (Å²) in [5.74, 6) is 1.59. The fraction of sp³-hybridized carbons (Fsp3) is 0.0909. The van der Waals surface area contributed by atoms with Gasteiger partial charge in [0.05, 0.1) is 23.0 Å². The van der Waals surface area contributed by atoms with Crippen LogP contribution in [0.3, 0.4) is 0 Å². The Kier molecular flexibility index (Phi) is 4.50. The molecule has 0 amide bonds. The standard InChI is InChI=1S/C22H19N5OS/c1-28-18-13-11-17(12-14-18)26-15-27(22-23-19-9-5-6-10-20(19)29-22)25-21(24-26)16-7-3-2-4-8-16/h2-14H,15H2,1H3,(H,24,25). The van der Waals surface area contributed by atoms with Crippen molar-refractivity contribution in [1.82, 2.24) is 10.4 Å². The predicted molar refractivity (Wildman–Crippen MR) is 119 cm³/mol. The van der Waals surface area contributed by atoms with Gasteiger partial charge in [-0.1, -0.05) is 53.8 Å². The van der Waals surface area contributed by atoms with Crippen LogP contribution >= 0.6 is 11.3 Å². The highest BCUT2D eigenvalue weighted by Gasteiger charge is 2.23. The van der Waals surface area contributed by atoms with Crippen molar-refractivity contribution in [3.63, 3.8) is 0 Å². The van der Waals surface area contributed by atoms with Gasteiger partial charge in [-0.25, -0.2) is 15.0 Å². The predicted octanol–water partition coefficient (Wildman–Crippen LogP) is 4.46. The van der Waals surface area contributed by atoms with Crippen molar-refractivity contribution < 1.29 is 4.74 Å². The smallest absolute Gasteiger partial charge is 0.207 e. The Morgan fingerprint density at radius 3 is 2.45 bits per heavy atom. The van der Waals surface area contributed by atoms with Gasteiger partial charge in [-0.2, -0.15) is 5.10 Å². The summed E-state index contributed by atoms with van der Waals surface area (Å²) in [6, 6.07) is 26.2. The number of para-hydroxylation sites is 1. The number of nitrogens with one attached hydrogen (secondary N) is 1. The zero-order valence-electron chi connectivity index (χ0n) is 15.8. The van der Waals surface area contributed by atoms with Gasteiger partial charge in [-0.15, -0.1) is 0 Å². The molecular weight excluding hydrogens is 382 g/mol. The van der Waals surface area contributed by atoms with Crippen LogP contribution in [0.5, 0.6) is 5.75 Å². The fourth-order valence-corrected chi connectivity index (χ4v) is 4.09. The van der Waals surface area contributed by atoms with Gasteiger partial charge in [0.15, 0.2) is 5.84 Å². The molecule has 1 aliphatic heterocycles. The average molecular weight is 401 g/mol. The molecule has 4 aromatic rings. The molecule has 2 heterocycles. The van der Waals surface area contributed by atoms with Crippen LogP contribution in [0.2, 0.25) is 0 Å². The number of amidine groups is 1. The molecule has 0 unspecified atom stereocenters. The number of ether oxygens (including phenoxy) is 1. The van der Waals surface area contributed by atoms with E-state index in [2.05, 4.69) is 11.5 Å². The van der Waals surface area contributed by atoms with Crippen LogP contribution in [0.25, 0.3) is 10.2 Å². The Balaban J connectivity index is 1.54. The molecule has 7 heteroatoms. The number of thiazole rings is 1. The molecule has 1 aromatic heterocycles. The van der Waals surface area contributed by atoms with E-state index in [4.69, 9.17) is 14.8 Å². The Bertz CT molecular complexity index is 1120. The lowest BCUT2D eigenvalue weighted by molar-refractivity contribution is 0.415. The average Bonchev–Trinajstić information content (AvgIpc) is 3.24. The molecule has 1 aliphatic rings. The molecule has 0 saturated carbocycles. The van der Waals surface area contributed by atoms with Gasteiger partial charge in [0.1, 0.15) is 12.4 Å². The molecule has 0 atom stereocenters. The van der Waals surface area contributed by atoms with Crippen LogP contribution in [-0.4, -0.2) is 24.6 Å². The fourth-order valence-electron chi connectivity index (χ4n) is 3.17. The number of hydrogen-bond acceptors (Lipinski definition) is 7. The minimum absolute atomic E-state index is 0.530. The molecule has 0 radical (unpaired) electrons. The highest BCUT2D eigenvalue weighted by atomic mass is 32.1. The number of hydrazone groups is 1. The molecule has 0 spiro atoms. The van der Waals surface area contributed by atoms with Gasteiger partial charge in [0, 0.05) is 5.56 Å². The van der Waals surface area contributed by atoms with Gasteiger partial charge in [-0.05, 0) is 36.4 Å². The highest BCUT2D eigenvalue weighted by Crippen LogP contribution is 2.30. The van der Waals surface area contributed by atoms with Gasteiger partial charge in [0.25, 0.3) is 0 Å². The van der Waals surface area contributed by atoms with Crippen molar-refractivity contribution in [2.75, 3.05) is 23.8 Å². The summed E-state index contributed by atoms with van der Waals surface area (Å²) in [7, 11) is 1.67. The van der Waals surface area contributed by atoms with Crippen molar-refractivity contribution in [2.24, 2.45) is 5.10 Å². The van der Waals surface area contributed by atoms with Crippen molar-refractivity contribution >= 4 is 38.2 Å². The summed E-state index contributed by atoms with van der Waals surface area (Å²) >= 11 is 1.65. The number of methoxy groups -OCH3 is 1. The number of hydrazine groups is 1. The molecular formula is C22H19N5OS. The lowest BCUT2D eigenvalue weighted by Crippen LogP contribution is -2.53. The molecule has 0 fully saturated rings. The van der Waals surface area contributed by atoms with Gasteiger partial charge in [0.2, 0.25) is 5.13 Å². The summed E-state index contributed by atoms with van der Waals surface area (Å²) < 4.78 is 6.44. The van der Waals surface area contributed by atoms with E-state index in [0.29, 0.717) is 6.67 Å². The van der Waals surface area contributed by atoms with Crippen molar-refractivity contribution in [3.05, 3.63) is 84.4 Å². The topological polar surface area (TPSA) is 53.0 Å². The van der Waals surface area contributed by atoms with E-state index in [9.17, 15) is 0 Å². The van der Waals surface area contributed by atoms with E-state index < -0.39 is 0 Å². The summed E-state index contributed by atoms with van der Waals surface area (Å²) in [5, 5.41) is 9.73. The summed E-state index contributed by atoms with van der Waals surface area (Å²) in [6.45, 7) is 0.530. The van der Waals surface area contributed by atoms with Crippen LogP contribution in [0, 0.1) is 0 Å². The number of fused-ring (bicyclic) bond motifs is 1. The molecule has 0 aliphatic carbocycles. The molecule has 5 rings (SSSR count). The first-order valence-corrected chi connectivity index (χ1v) is 10.1. The maximum atomic E-state index is 5.29. The van der Waals surface area contributed by atoms with Gasteiger partial charge < -0.3 is 4.74 Å². The number of rotatable bonds is 4.